The first kappa shape index (κ1) is 7.21. The number of hydrogen-bond acceptors (Lipinski definition) is 1. The van der Waals surface area contributed by atoms with E-state index in [4.69, 9.17) is 0 Å². The van der Waals surface area contributed by atoms with Gasteiger partial charge in [0.15, 0.2) is 0 Å². The van der Waals surface area contributed by atoms with Crippen molar-refractivity contribution < 1.29 is 0 Å². The monoisotopic (exact) mass is 105 g/mol. The molecule has 0 bridgehead atoms. The Morgan fingerprint density at radius 1 is 1.71 bits per heavy atom. The zero-order valence-corrected chi connectivity index (χ0v) is 6.60. The van der Waals surface area contributed by atoms with Crippen LogP contribution in [-0.4, -0.2) is 39.8 Å². The summed E-state index contributed by atoms with van der Waals surface area (Å²) < 4.78 is 0. The average molecular weight is 105 g/mol. The summed E-state index contributed by atoms with van der Waals surface area (Å²) >= 11 is 0. The summed E-state index contributed by atoms with van der Waals surface area (Å²) in [6, 6.07) is 1.92. The van der Waals surface area contributed by atoms with E-state index in [1.54, 1.807) is 6.20 Å². The standard InChI is InChI=1S/C4H6N2.Na/c1-4-2-3-5-6-4;/h2-3H,1H3,(H,5,6);. The Balaban J connectivity index is 0.000000360. The van der Waals surface area contributed by atoms with Crippen molar-refractivity contribution >= 4 is 29.6 Å². The molecule has 0 spiro atoms. The molecule has 0 aliphatic heterocycles. The molecular formula is C4H6N2Na. The van der Waals surface area contributed by atoms with E-state index in [1.807, 2.05) is 13.0 Å². The average Bonchev–Trinajstić information content (AvgIpc) is 1.86. The molecule has 2 nitrogen and oxygen atoms in total. The zero-order valence-electron chi connectivity index (χ0n) is 4.60. The van der Waals surface area contributed by atoms with Crippen molar-refractivity contribution in [2.75, 3.05) is 0 Å². The van der Waals surface area contributed by atoms with Crippen LogP contribution >= 0.6 is 0 Å². The first-order valence-corrected chi connectivity index (χ1v) is 1.85. The molecule has 0 aliphatic carbocycles. The van der Waals surface area contributed by atoms with Crippen molar-refractivity contribution in [3.8, 4) is 0 Å². The fourth-order valence-electron chi connectivity index (χ4n) is 0.325. The van der Waals surface area contributed by atoms with Crippen LogP contribution in [0, 0.1) is 6.92 Å². The molecule has 3 heteroatoms. The molecule has 0 aromatic carbocycles. The van der Waals surface area contributed by atoms with E-state index < -0.39 is 0 Å². The first-order valence-electron chi connectivity index (χ1n) is 1.85. The Labute approximate surface area is 64.6 Å². The van der Waals surface area contributed by atoms with Crippen molar-refractivity contribution in [3.05, 3.63) is 18.0 Å². The Hall–Kier alpha value is 0.210. The zero-order chi connectivity index (χ0) is 4.41. The summed E-state index contributed by atoms with van der Waals surface area (Å²) in [5.74, 6) is 0. The maximum absolute atomic E-state index is 3.70. The molecule has 0 saturated heterocycles. The molecular weight excluding hydrogens is 99.0 g/mol. The van der Waals surface area contributed by atoms with Crippen molar-refractivity contribution in [3.63, 3.8) is 0 Å². The molecule has 0 atom stereocenters. The Kier molecular flexibility index (Phi) is 3.34. The summed E-state index contributed by atoms with van der Waals surface area (Å²) in [7, 11) is 0. The van der Waals surface area contributed by atoms with Crippen molar-refractivity contribution in [1.82, 2.24) is 10.2 Å². The number of aromatic amines is 1. The third-order valence-electron chi connectivity index (χ3n) is 0.640. The van der Waals surface area contributed by atoms with Gasteiger partial charge < -0.3 is 0 Å². The minimum atomic E-state index is 0. The van der Waals surface area contributed by atoms with Crippen molar-refractivity contribution in [1.29, 1.82) is 0 Å². The topological polar surface area (TPSA) is 28.7 Å². The van der Waals surface area contributed by atoms with Gasteiger partial charge in [0.25, 0.3) is 0 Å². The molecule has 1 rings (SSSR count). The largest absolute Gasteiger partial charge is 0.283 e. The number of aryl methyl sites for hydroxylation is 1. The Bertz CT molecular complexity index is 113. The first-order chi connectivity index (χ1) is 2.89. The maximum Gasteiger partial charge on any atom is 0.0489 e. The van der Waals surface area contributed by atoms with Crippen LogP contribution < -0.4 is 0 Å². The number of rotatable bonds is 0. The Morgan fingerprint density at radius 2 is 2.43 bits per heavy atom. The van der Waals surface area contributed by atoms with Gasteiger partial charge in [-0.25, -0.2) is 0 Å². The predicted octanol–water partition coefficient (Wildman–Crippen LogP) is 0.337. The van der Waals surface area contributed by atoms with E-state index in [0.717, 1.165) is 5.69 Å². The molecule has 33 valence electrons. The minimum Gasteiger partial charge on any atom is -0.283 e. The van der Waals surface area contributed by atoms with Gasteiger partial charge in [0.1, 0.15) is 0 Å². The molecule has 0 amide bonds. The molecule has 1 aromatic rings. The molecule has 1 radical (unpaired) electrons. The second kappa shape index (κ2) is 3.24. The summed E-state index contributed by atoms with van der Waals surface area (Å²) in [4.78, 5) is 0. The number of nitrogens with one attached hydrogen (secondary N) is 1. The fraction of sp³-hybridized carbons (Fsp3) is 0.250. The molecule has 0 saturated carbocycles. The number of hydrogen-bond donors (Lipinski definition) is 1. The van der Waals surface area contributed by atoms with Gasteiger partial charge in [-0.3, -0.25) is 5.10 Å². The van der Waals surface area contributed by atoms with Crippen LogP contribution in [0.2, 0.25) is 0 Å². The molecule has 1 heterocycles. The molecule has 7 heavy (non-hydrogen) atoms. The van der Waals surface area contributed by atoms with Crippen LogP contribution in [0.4, 0.5) is 0 Å². The second-order valence-electron chi connectivity index (χ2n) is 1.24. The van der Waals surface area contributed by atoms with Crippen LogP contribution in [0.3, 0.4) is 0 Å². The summed E-state index contributed by atoms with van der Waals surface area (Å²) in [5.41, 5.74) is 1.11. The van der Waals surface area contributed by atoms with Gasteiger partial charge in [0.05, 0.1) is 0 Å². The van der Waals surface area contributed by atoms with Crippen LogP contribution in [0.1, 0.15) is 5.69 Å². The van der Waals surface area contributed by atoms with Crippen LogP contribution in [0.25, 0.3) is 0 Å². The van der Waals surface area contributed by atoms with Crippen molar-refractivity contribution in [2.24, 2.45) is 0 Å². The second-order valence-corrected chi connectivity index (χ2v) is 1.24. The molecule has 0 aliphatic rings. The van der Waals surface area contributed by atoms with Gasteiger partial charge in [-0.1, -0.05) is 0 Å². The molecule has 1 aromatic heterocycles. The molecule has 1 N–H and O–H groups in total. The van der Waals surface area contributed by atoms with Gasteiger partial charge in [-0.2, -0.15) is 5.10 Å². The summed E-state index contributed by atoms with van der Waals surface area (Å²) in [6.45, 7) is 1.97. The molecule has 0 unspecified atom stereocenters. The quantitative estimate of drug-likeness (QED) is 0.473. The number of nitrogens with zero attached hydrogens (tertiary/aromatic N) is 1. The van der Waals surface area contributed by atoms with Crippen LogP contribution in [0.5, 0.6) is 0 Å². The third-order valence-corrected chi connectivity index (χ3v) is 0.640. The van der Waals surface area contributed by atoms with Crippen molar-refractivity contribution in [2.45, 2.75) is 6.92 Å². The summed E-state index contributed by atoms with van der Waals surface area (Å²) in [6.07, 6.45) is 1.73. The van der Waals surface area contributed by atoms with E-state index in [1.165, 1.54) is 0 Å². The fourth-order valence-corrected chi connectivity index (χ4v) is 0.325. The SMILES string of the molecule is Cc1ccn[nH]1.[Na]. The van der Waals surface area contributed by atoms with E-state index in [9.17, 15) is 0 Å². The smallest absolute Gasteiger partial charge is 0.0489 e. The normalized spacial score (nSPS) is 7.57. The minimum absolute atomic E-state index is 0. The number of H-pyrrole nitrogens is 1. The molecule has 0 fully saturated rings. The van der Waals surface area contributed by atoms with E-state index in [0.29, 0.717) is 0 Å². The van der Waals surface area contributed by atoms with E-state index in [2.05, 4.69) is 10.2 Å². The van der Waals surface area contributed by atoms with E-state index in [-0.39, 0.29) is 29.6 Å². The predicted molar refractivity (Wildman–Crippen MR) is 29.1 cm³/mol. The van der Waals surface area contributed by atoms with Crippen LogP contribution in [0.15, 0.2) is 12.3 Å². The van der Waals surface area contributed by atoms with Gasteiger partial charge in [-0.15, -0.1) is 0 Å². The van der Waals surface area contributed by atoms with Gasteiger partial charge >= 0.3 is 0 Å². The van der Waals surface area contributed by atoms with Gasteiger partial charge in [0.2, 0.25) is 0 Å². The van der Waals surface area contributed by atoms with E-state index >= 15 is 0 Å². The maximum atomic E-state index is 3.70. The Morgan fingerprint density at radius 3 is 2.57 bits per heavy atom. The summed E-state index contributed by atoms with van der Waals surface area (Å²) in [5, 5.41) is 6.45. The van der Waals surface area contributed by atoms with Crippen LogP contribution in [-0.2, 0) is 0 Å². The van der Waals surface area contributed by atoms with Gasteiger partial charge in [-0.05, 0) is 13.0 Å². The number of aromatic nitrogens is 2. The third kappa shape index (κ3) is 2.12. The van der Waals surface area contributed by atoms with Gasteiger partial charge in [0, 0.05) is 41.4 Å².